The number of aromatic nitrogens is 2. The van der Waals surface area contributed by atoms with Crippen molar-refractivity contribution in [2.24, 2.45) is 7.05 Å². The smallest absolute Gasteiger partial charge is 0.0839 e. The van der Waals surface area contributed by atoms with Crippen LogP contribution in [0, 0.1) is 0 Å². The molecule has 1 aromatic carbocycles. The molecule has 0 aliphatic carbocycles. The van der Waals surface area contributed by atoms with E-state index in [9.17, 15) is 0 Å². The number of halogens is 3. The molecule has 0 unspecified atom stereocenters. The van der Waals surface area contributed by atoms with Gasteiger partial charge in [0.15, 0.2) is 0 Å². The molecule has 0 N–H and O–H groups in total. The van der Waals surface area contributed by atoms with Gasteiger partial charge in [0.25, 0.3) is 0 Å². The molecule has 5 heteroatoms. The molecule has 1 aromatic heterocycles. The zero-order chi connectivity index (χ0) is 12.6. The zero-order valence-corrected chi connectivity index (χ0v) is 12.6. The van der Waals surface area contributed by atoms with Gasteiger partial charge in [0.05, 0.1) is 20.9 Å². The van der Waals surface area contributed by atoms with Gasteiger partial charge in [-0.25, -0.2) is 0 Å². The molecule has 2 nitrogen and oxygen atoms in total. The Balaban J connectivity index is 2.68. The lowest BCUT2D eigenvalue weighted by molar-refractivity contribution is 0.753. The van der Waals surface area contributed by atoms with E-state index in [2.05, 4.69) is 28.0 Å². The van der Waals surface area contributed by atoms with Crippen LogP contribution in [0.25, 0.3) is 11.3 Å². The van der Waals surface area contributed by atoms with Gasteiger partial charge in [-0.3, -0.25) is 4.68 Å². The van der Waals surface area contributed by atoms with E-state index in [1.165, 1.54) is 0 Å². The van der Waals surface area contributed by atoms with Crippen molar-refractivity contribution in [2.45, 2.75) is 13.3 Å². The van der Waals surface area contributed by atoms with Crippen LogP contribution in [0.4, 0.5) is 0 Å². The van der Waals surface area contributed by atoms with Crippen LogP contribution in [-0.4, -0.2) is 9.78 Å². The Morgan fingerprint density at radius 3 is 2.65 bits per heavy atom. The highest BCUT2D eigenvalue weighted by Crippen LogP contribution is 2.36. The molecule has 2 rings (SSSR count). The minimum Gasteiger partial charge on any atom is -0.266 e. The van der Waals surface area contributed by atoms with Gasteiger partial charge in [-0.15, -0.1) is 0 Å². The fourth-order valence-corrected chi connectivity index (χ4v) is 2.96. The summed E-state index contributed by atoms with van der Waals surface area (Å²) in [7, 11) is 1.90. The Bertz CT molecular complexity index is 564. The molecule has 17 heavy (non-hydrogen) atoms. The molecule has 0 fully saturated rings. The third kappa shape index (κ3) is 2.37. The van der Waals surface area contributed by atoms with E-state index in [0.29, 0.717) is 10.0 Å². The number of hydrogen-bond donors (Lipinski definition) is 0. The molecule has 0 saturated carbocycles. The monoisotopic (exact) mass is 332 g/mol. The summed E-state index contributed by atoms with van der Waals surface area (Å²) in [5.74, 6) is 0. The second-order valence-electron chi connectivity index (χ2n) is 3.71. The molecule has 0 bridgehead atoms. The van der Waals surface area contributed by atoms with Crippen molar-refractivity contribution >= 4 is 39.1 Å². The molecule has 0 aliphatic rings. The second kappa shape index (κ2) is 5.01. The summed E-state index contributed by atoms with van der Waals surface area (Å²) in [6.07, 6.45) is 0.868. The zero-order valence-electron chi connectivity index (χ0n) is 9.47. The van der Waals surface area contributed by atoms with E-state index in [1.54, 1.807) is 12.1 Å². The maximum atomic E-state index is 6.21. The standard InChI is InChI=1S/C12H11BrCl2N2/c1-3-10-11(13)12(17(2)16-10)8-6-7(14)4-5-9(8)15/h4-6H,3H2,1-2H3. The third-order valence-corrected chi connectivity index (χ3v) is 3.97. The highest BCUT2D eigenvalue weighted by atomic mass is 79.9. The second-order valence-corrected chi connectivity index (χ2v) is 5.35. The van der Waals surface area contributed by atoms with Crippen molar-refractivity contribution in [3.05, 3.63) is 38.4 Å². The first-order valence-electron chi connectivity index (χ1n) is 5.21. The highest BCUT2D eigenvalue weighted by molar-refractivity contribution is 9.10. The van der Waals surface area contributed by atoms with Crippen molar-refractivity contribution in [2.75, 3.05) is 0 Å². The first kappa shape index (κ1) is 12.9. The van der Waals surface area contributed by atoms with E-state index in [0.717, 1.165) is 27.8 Å². The average molecular weight is 334 g/mol. The van der Waals surface area contributed by atoms with Crippen molar-refractivity contribution in [3.63, 3.8) is 0 Å². The number of aryl methyl sites for hydroxylation is 2. The number of nitrogens with zero attached hydrogens (tertiary/aromatic N) is 2. The highest BCUT2D eigenvalue weighted by Gasteiger charge is 2.16. The van der Waals surface area contributed by atoms with Crippen LogP contribution in [0.15, 0.2) is 22.7 Å². The molecule has 2 aromatic rings. The first-order valence-corrected chi connectivity index (χ1v) is 6.76. The fraction of sp³-hybridized carbons (Fsp3) is 0.250. The number of hydrogen-bond acceptors (Lipinski definition) is 1. The van der Waals surface area contributed by atoms with E-state index in [1.807, 2.05) is 17.8 Å². The predicted molar refractivity (Wildman–Crippen MR) is 75.7 cm³/mol. The predicted octanol–water partition coefficient (Wildman–Crippen LogP) is 4.72. The van der Waals surface area contributed by atoms with Crippen molar-refractivity contribution in [1.82, 2.24) is 9.78 Å². The lowest BCUT2D eigenvalue weighted by atomic mass is 10.1. The normalized spacial score (nSPS) is 10.9. The van der Waals surface area contributed by atoms with Gasteiger partial charge >= 0.3 is 0 Å². The van der Waals surface area contributed by atoms with Crippen molar-refractivity contribution < 1.29 is 0 Å². The van der Waals surface area contributed by atoms with Crippen LogP contribution in [-0.2, 0) is 13.5 Å². The van der Waals surface area contributed by atoms with Crippen molar-refractivity contribution in [1.29, 1.82) is 0 Å². The van der Waals surface area contributed by atoms with Crippen LogP contribution in [0.3, 0.4) is 0 Å². The lowest BCUT2D eigenvalue weighted by Crippen LogP contribution is -1.95. The summed E-state index contributed by atoms with van der Waals surface area (Å²) in [5.41, 5.74) is 2.86. The number of benzene rings is 1. The van der Waals surface area contributed by atoms with Crippen LogP contribution in [0.1, 0.15) is 12.6 Å². The molecule has 0 spiro atoms. The Morgan fingerprint density at radius 1 is 1.35 bits per heavy atom. The van der Waals surface area contributed by atoms with Crippen LogP contribution >= 0.6 is 39.1 Å². The van der Waals surface area contributed by atoms with E-state index < -0.39 is 0 Å². The largest absolute Gasteiger partial charge is 0.266 e. The van der Waals surface area contributed by atoms with Gasteiger partial charge in [0.2, 0.25) is 0 Å². The molecule has 0 atom stereocenters. The summed E-state index contributed by atoms with van der Waals surface area (Å²) >= 11 is 15.8. The number of rotatable bonds is 2. The van der Waals surface area contributed by atoms with E-state index >= 15 is 0 Å². The van der Waals surface area contributed by atoms with E-state index in [-0.39, 0.29) is 0 Å². The fourth-order valence-electron chi connectivity index (χ4n) is 1.75. The topological polar surface area (TPSA) is 17.8 Å². The van der Waals surface area contributed by atoms with Crippen LogP contribution in [0.5, 0.6) is 0 Å². The van der Waals surface area contributed by atoms with E-state index in [4.69, 9.17) is 23.2 Å². The molecule has 90 valence electrons. The van der Waals surface area contributed by atoms with Crippen LogP contribution in [0.2, 0.25) is 10.0 Å². The molecule has 0 amide bonds. The summed E-state index contributed by atoms with van der Waals surface area (Å²) < 4.78 is 2.80. The summed E-state index contributed by atoms with van der Waals surface area (Å²) in [5, 5.41) is 5.77. The Morgan fingerprint density at radius 2 is 2.06 bits per heavy atom. The minimum absolute atomic E-state index is 0.663. The third-order valence-electron chi connectivity index (χ3n) is 2.57. The molecular weight excluding hydrogens is 323 g/mol. The maximum absolute atomic E-state index is 6.21. The van der Waals surface area contributed by atoms with Gasteiger partial charge in [0.1, 0.15) is 0 Å². The summed E-state index contributed by atoms with van der Waals surface area (Å²) in [6.45, 7) is 2.07. The van der Waals surface area contributed by atoms with Gasteiger partial charge in [-0.2, -0.15) is 5.10 Å². The molecule has 0 radical (unpaired) electrons. The van der Waals surface area contributed by atoms with Gasteiger partial charge in [0, 0.05) is 17.6 Å². The molecule has 0 saturated heterocycles. The van der Waals surface area contributed by atoms with Gasteiger partial charge in [-0.05, 0) is 40.5 Å². The minimum atomic E-state index is 0.663. The molecular formula is C12H11BrCl2N2. The van der Waals surface area contributed by atoms with Crippen LogP contribution < -0.4 is 0 Å². The molecule has 0 aliphatic heterocycles. The lowest BCUT2D eigenvalue weighted by Gasteiger charge is -2.06. The van der Waals surface area contributed by atoms with Crippen molar-refractivity contribution in [3.8, 4) is 11.3 Å². The summed E-state index contributed by atoms with van der Waals surface area (Å²) in [6, 6.07) is 5.42. The summed E-state index contributed by atoms with van der Waals surface area (Å²) in [4.78, 5) is 0. The maximum Gasteiger partial charge on any atom is 0.0839 e. The van der Waals surface area contributed by atoms with Gasteiger partial charge in [-0.1, -0.05) is 30.1 Å². The van der Waals surface area contributed by atoms with Gasteiger partial charge < -0.3 is 0 Å². The molecule has 1 heterocycles. The first-order chi connectivity index (χ1) is 8.04. The Labute approximate surface area is 119 Å². The SMILES string of the molecule is CCc1nn(C)c(-c2cc(Cl)ccc2Cl)c1Br. The Kier molecular flexibility index (Phi) is 3.81. The Hall–Kier alpha value is -0.510. The average Bonchev–Trinajstić information content (AvgIpc) is 2.58. The quantitative estimate of drug-likeness (QED) is 0.777.